The second kappa shape index (κ2) is 6.25. The molecule has 1 aliphatic rings. The summed E-state index contributed by atoms with van der Waals surface area (Å²) in [5, 5.41) is 3.48. The van der Waals surface area contributed by atoms with Gasteiger partial charge in [-0.25, -0.2) is 4.39 Å². The van der Waals surface area contributed by atoms with E-state index in [4.69, 9.17) is 10.3 Å². The van der Waals surface area contributed by atoms with Crippen LogP contribution in [-0.2, 0) is 11.3 Å². The highest BCUT2D eigenvalue weighted by atomic mass is 19.1. The van der Waals surface area contributed by atoms with Crippen LogP contribution >= 0.6 is 0 Å². The molecule has 1 fully saturated rings. The number of methoxy groups -OCH3 is 1. The van der Waals surface area contributed by atoms with Crippen LogP contribution in [0.15, 0.2) is 23.3 Å². The van der Waals surface area contributed by atoms with Crippen molar-refractivity contribution in [1.82, 2.24) is 4.90 Å². The highest BCUT2D eigenvalue weighted by Gasteiger charge is 2.29. The van der Waals surface area contributed by atoms with Gasteiger partial charge in [-0.15, -0.1) is 0 Å². The molecule has 0 aromatic heterocycles. The summed E-state index contributed by atoms with van der Waals surface area (Å²) < 4.78 is 18.9. The Labute approximate surface area is 115 Å². The van der Waals surface area contributed by atoms with E-state index in [9.17, 15) is 9.18 Å². The van der Waals surface area contributed by atoms with Crippen molar-refractivity contribution in [3.63, 3.8) is 0 Å². The van der Waals surface area contributed by atoms with Gasteiger partial charge < -0.3 is 9.64 Å². The second-order valence-electron chi connectivity index (χ2n) is 4.69. The molecular weight excluding hydrogens is 263 g/mol. The summed E-state index contributed by atoms with van der Waals surface area (Å²) >= 11 is 0. The zero-order valence-electron chi connectivity index (χ0n) is 11.1. The van der Waals surface area contributed by atoms with Crippen molar-refractivity contribution in [1.29, 1.82) is 0 Å². The van der Waals surface area contributed by atoms with Crippen LogP contribution in [0.5, 0.6) is 5.75 Å². The highest BCUT2D eigenvalue weighted by Crippen LogP contribution is 2.25. The van der Waals surface area contributed by atoms with E-state index in [2.05, 4.69) is 10.0 Å². The van der Waals surface area contributed by atoms with Crippen LogP contribution in [0.1, 0.15) is 12.0 Å². The summed E-state index contributed by atoms with van der Waals surface area (Å²) in [5.41, 5.74) is 8.70. The minimum absolute atomic E-state index is 0.00655. The Kier molecular flexibility index (Phi) is 4.42. The van der Waals surface area contributed by atoms with E-state index in [0.29, 0.717) is 25.1 Å². The van der Waals surface area contributed by atoms with Gasteiger partial charge in [-0.1, -0.05) is 17.2 Å². The van der Waals surface area contributed by atoms with Crippen LogP contribution in [0.4, 0.5) is 4.39 Å². The summed E-state index contributed by atoms with van der Waals surface area (Å²) in [6, 6.07) is 4.86. The number of azide groups is 1. The lowest BCUT2D eigenvalue weighted by molar-refractivity contribution is -0.128. The Bertz CT molecular complexity index is 557. The van der Waals surface area contributed by atoms with Gasteiger partial charge in [0.25, 0.3) is 0 Å². The van der Waals surface area contributed by atoms with Crippen molar-refractivity contribution in [3.05, 3.63) is 40.0 Å². The first kappa shape index (κ1) is 14.1. The molecule has 2 rings (SSSR count). The number of carbonyl (C=O) groups is 1. The first-order valence-corrected chi connectivity index (χ1v) is 6.25. The molecule has 0 radical (unpaired) electrons. The Hall–Kier alpha value is -2.27. The molecule has 20 heavy (non-hydrogen) atoms. The molecule has 0 spiro atoms. The van der Waals surface area contributed by atoms with Gasteiger partial charge in [0.05, 0.1) is 7.11 Å². The van der Waals surface area contributed by atoms with Gasteiger partial charge in [0.2, 0.25) is 5.91 Å². The average Bonchev–Trinajstić information content (AvgIpc) is 2.79. The van der Waals surface area contributed by atoms with E-state index in [1.165, 1.54) is 13.2 Å². The van der Waals surface area contributed by atoms with Gasteiger partial charge in [-0.05, 0) is 17.5 Å². The zero-order chi connectivity index (χ0) is 14.5. The van der Waals surface area contributed by atoms with Crippen molar-refractivity contribution in [2.75, 3.05) is 20.2 Å². The molecular formula is C13H15FN4O2. The molecule has 1 aromatic rings. The van der Waals surface area contributed by atoms with Crippen molar-refractivity contribution in [2.45, 2.75) is 13.0 Å². The molecule has 6 nitrogen and oxygen atoms in total. The summed E-state index contributed by atoms with van der Waals surface area (Å²) in [4.78, 5) is 16.1. The standard InChI is InChI=1S/C13H15FN4O2/c1-20-11-4-2-3-10(13(11)14)8-18-7-9(5-12(18)19)6-16-17-15/h2-4,9H,5-8H2,1H3. The summed E-state index contributed by atoms with van der Waals surface area (Å²) in [6.07, 6.45) is 0.338. The average molecular weight is 278 g/mol. The molecule has 0 bridgehead atoms. The van der Waals surface area contributed by atoms with Crippen LogP contribution < -0.4 is 4.74 Å². The van der Waals surface area contributed by atoms with Gasteiger partial charge in [-0.2, -0.15) is 0 Å². The maximum atomic E-state index is 14.0. The molecule has 1 atom stereocenters. The number of nitrogens with zero attached hydrogens (tertiary/aromatic N) is 4. The number of hydrogen-bond acceptors (Lipinski definition) is 3. The van der Waals surface area contributed by atoms with Gasteiger partial charge in [-0.3, -0.25) is 4.79 Å². The van der Waals surface area contributed by atoms with Crippen molar-refractivity contribution < 1.29 is 13.9 Å². The third kappa shape index (κ3) is 3.00. The van der Waals surface area contributed by atoms with Gasteiger partial charge in [0.15, 0.2) is 11.6 Å². The predicted molar refractivity (Wildman–Crippen MR) is 70.5 cm³/mol. The summed E-state index contributed by atoms with van der Waals surface area (Å²) in [7, 11) is 1.40. The van der Waals surface area contributed by atoms with Crippen molar-refractivity contribution >= 4 is 5.91 Å². The lowest BCUT2D eigenvalue weighted by Gasteiger charge is -2.17. The highest BCUT2D eigenvalue weighted by molar-refractivity contribution is 5.78. The maximum absolute atomic E-state index is 14.0. The lowest BCUT2D eigenvalue weighted by atomic mass is 10.1. The van der Waals surface area contributed by atoms with Crippen LogP contribution in [0.2, 0.25) is 0 Å². The number of hydrogen-bond donors (Lipinski definition) is 0. The number of carbonyl (C=O) groups excluding carboxylic acids is 1. The molecule has 1 amide bonds. The van der Waals surface area contributed by atoms with E-state index in [1.54, 1.807) is 17.0 Å². The normalized spacial score (nSPS) is 18.0. The van der Waals surface area contributed by atoms with E-state index < -0.39 is 5.82 Å². The minimum atomic E-state index is -0.443. The van der Waals surface area contributed by atoms with E-state index in [0.717, 1.165) is 0 Å². The van der Waals surface area contributed by atoms with Crippen LogP contribution in [0, 0.1) is 11.7 Å². The Morgan fingerprint density at radius 1 is 1.60 bits per heavy atom. The summed E-state index contributed by atoms with van der Waals surface area (Å²) in [6.45, 7) is 0.975. The number of benzene rings is 1. The first-order valence-electron chi connectivity index (χ1n) is 6.25. The number of amides is 1. The topological polar surface area (TPSA) is 78.3 Å². The molecule has 0 aliphatic carbocycles. The number of rotatable bonds is 5. The van der Waals surface area contributed by atoms with Crippen LogP contribution in [0.3, 0.4) is 0 Å². The van der Waals surface area contributed by atoms with E-state index in [-0.39, 0.29) is 24.1 Å². The van der Waals surface area contributed by atoms with Crippen molar-refractivity contribution in [3.8, 4) is 5.75 Å². The molecule has 1 saturated heterocycles. The minimum Gasteiger partial charge on any atom is -0.494 e. The van der Waals surface area contributed by atoms with Gasteiger partial charge in [0.1, 0.15) is 0 Å². The fourth-order valence-corrected chi connectivity index (χ4v) is 2.32. The molecule has 1 aromatic carbocycles. The second-order valence-corrected chi connectivity index (χ2v) is 4.69. The van der Waals surface area contributed by atoms with Gasteiger partial charge in [0, 0.05) is 36.5 Å². The Morgan fingerprint density at radius 2 is 2.40 bits per heavy atom. The number of ether oxygens (including phenoxy) is 1. The number of likely N-dealkylation sites (tertiary alicyclic amines) is 1. The molecule has 0 saturated carbocycles. The van der Waals surface area contributed by atoms with E-state index >= 15 is 0 Å². The number of halogens is 1. The largest absolute Gasteiger partial charge is 0.494 e. The van der Waals surface area contributed by atoms with Crippen LogP contribution in [0.25, 0.3) is 10.4 Å². The monoisotopic (exact) mass is 278 g/mol. The Balaban J connectivity index is 2.07. The third-order valence-electron chi connectivity index (χ3n) is 3.32. The molecule has 1 aliphatic heterocycles. The maximum Gasteiger partial charge on any atom is 0.223 e. The SMILES string of the molecule is COc1cccc(CN2CC(CN=[N+]=[N-])CC2=O)c1F. The quantitative estimate of drug-likeness (QED) is 0.471. The molecule has 1 heterocycles. The smallest absolute Gasteiger partial charge is 0.223 e. The van der Waals surface area contributed by atoms with Gasteiger partial charge >= 0.3 is 0 Å². The third-order valence-corrected chi connectivity index (χ3v) is 3.32. The fraction of sp³-hybridized carbons (Fsp3) is 0.462. The lowest BCUT2D eigenvalue weighted by Crippen LogP contribution is -2.25. The fourth-order valence-electron chi connectivity index (χ4n) is 2.32. The summed E-state index contributed by atoms with van der Waals surface area (Å²) in [5.74, 6) is -0.321. The first-order chi connectivity index (χ1) is 9.65. The molecule has 106 valence electrons. The predicted octanol–water partition coefficient (Wildman–Crippen LogP) is 2.49. The molecule has 7 heteroatoms. The molecule has 0 N–H and O–H groups in total. The molecule has 1 unspecified atom stereocenters. The van der Waals surface area contributed by atoms with Crippen molar-refractivity contribution in [2.24, 2.45) is 11.0 Å². The Morgan fingerprint density at radius 3 is 3.10 bits per heavy atom. The van der Waals surface area contributed by atoms with Crippen LogP contribution in [-0.4, -0.2) is 31.0 Å². The van der Waals surface area contributed by atoms with E-state index in [1.807, 2.05) is 0 Å². The zero-order valence-corrected chi connectivity index (χ0v) is 11.1.